The number of hydrogen-bond acceptors (Lipinski definition) is 5. The molecule has 1 unspecified atom stereocenters. The molecule has 0 bridgehead atoms. The number of amides is 3. The highest BCUT2D eigenvalue weighted by Crippen LogP contribution is 2.38. The number of methoxy groups -OCH3 is 1. The molecular weight excluding hydrogens is 658 g/mol. The first-order chi connectivity index (χ1) is 23.6. The van der Waals surface area contributed by atoms with E-state index in [1.807, 2.05) is 5.32 Å². The number of thioether (sulfide) groups is 1. The molecule has 12 heteroatoms. The van der Waals surface area contributed by atoms with Crippen LogP contribution in [0.2, 0.25) is 0 Å². The quantitative estimate of drug-likeness (QED) is 0.0565. The van der Waals surface area contributed by atoms with E-state index in [1.165, 1.54) is 13.2 Å². The number of ether oxygens (including phenoxy) is 1. The first kappa shape index (κ1) is 34.5. The molecule has 3 amide bonds. The Morgan fingerprint density at radius 3 is 2.06 bits per heavy atom. The fourth-order valence-corrected chi connectivity index (χ4v) is 5.68. The van der Waals surface area contributed by atoms with E-state index in [-0.39, 0.29) is 17.5 Å². The number of halogens is 4. The summed E-state index contributed by atoms with van der Waals surface area (Å²) in [4.78, 5) is 40.5. The van der Waals surface area contributed by atoms with Crippen molar-refractivity contribution >= 4 is 46.9 Å². The summed E-state index contributed by atoms with van der Waals surface area (Å²) >= 11 is 0.960. The van der Waals surface area contributed by atoms with Crippen LogP contribution in [-0.4, -0.2) is 24.8 Å². The van der Waals surface area contributed by atoms with Gasteiger partial charge in [-0.2, -0.15) is 0 Å². The summed E-state index contributed by atoms with van der Waals surface area (Å²) in [5, 5.41) is 6.25. The van der Waals surface area contributed by atoms with Crippen molar-refractivity contribution < 1.29 is 36.7 Å². The van der Waals surface area contributed by atoms with Gasteiger partial charge in [0.05, 0.1) is 7.11 Å². The molecule has 248 valence electrons. The van der Waals surface area contributed by atoms with Gasteiger partial charge in [-0.15, -0.1) is 11.8 Å². The summed E-state index contributed by atoms with van der Waals surface area (Å²) in [7, 11) is 1.50. The minimum Gasteiger partial charge on any atom is -0.497 e. The largest absolute Gasteiger partial charge is 0.497 e. The summed E-state index contributed by atoms with van der Waals surface area (Å²) in [6.07, 6.45) is 1.49. The predicted molar refractivity (Wildman–Crippen MR) is 180 cm³/mol. The Balaban J connectivity index is 1.41. The number of nitrogens with one attached hydrogen (secondary N) is 3. The van der Waals surface area contributed by atoms with Gasteiger partial charge in [0, 0.05) is 22.2 Å². The average molecular weight is 686 g/mol. The summed E-state index contributed by atoms with van der Waals surface area (Å²) in [5.41, 5.74) is 0.286. The van der Waals surface area contributed by atoms with E-state index in [2.05, 4.69) is 10.6 Å². The van der Waals surface area contributed by atoms with Gasteiger partial charge >= 0.3 is 0 Å². The van der Waals surface area contributed by atoms with Crippen LogP contribution in [0.5, 0.6) is 5.75 Å². The minimum atomic E-state index is -1.74. The SMILES string of the molecule is COc1cccc(/C=C(\NC(=O)c2ccccc2)C(=O)Nc2cccc(SC(C(=O)Nc3c(F)c(F)cc(F)c3F)c3ccccc3)c2)c1. The number of benzene rings is 5. The molecule has 5 rings (SSSR count). The molecule has 3 N–H and O–H groups in total. The zero-order valence-electron chi connectivity index (χ0n) is 25.7. The lowest BCUT2D eigenvalue weighted by molar-refractivity contribution is -0.116. The molecule has 49 heavy (non-hydrogen) atoms. The summed E-state index contributed by atoms with van der Waals surface area (Å²) in [6.45, 7) is 0. The normalized spacial score (nSPS) is 11.7. The molecule has 0 fully saturated rings. The van der Waals surface area contributed by atoms with Crippen LogP contribution in [-0.2, 0) is 9.59 Å². The predicted octanol–water partition coefficient (Wildman–Crippen LogP) is 8.13. The molecule has 1 atom stereocenters. The number of rotatable bonds is 11. The Bertz CT molecular complexity index is 2000. The Morgan fingerprint density at radius 1 is 0.735 bits per heavy atom. The van der Waals surface area contributed by atoms with E-state index in [9.17, 15) is 31.9 Å². The van der Waals surface area contributed by atoms with Crippen LogP contribution >= 0.6 is 11.8 Å². The summed E-state index contributed by atoms with van der Waals surface area (Å²) < 4.78 is 61.8. The minimum absolute atomic E-state index is 0.0495. The molecule has 5 aromatic rings. The topological polar surface area (TPSA) is 96.5 Å². The smallest absolute Gasteiger partial charge is 0.272 e. The molecular formula is C37H27F4N3O4S. The average Bonchev–Trinajstić information content (AvgIpc) is 3.12. The zero-order chi connectivity index (χ0) is 34.9. The molecule has 0 aliphatic heterocycles. The van der Waals surface area contributed by atoms with E-state index >= 15 is 0 Å². The second-order valence-corrected chi connectivity index (χ2v) is 11.6. The van der Waals surface area contributed by atoms with Crippen molar-refractivity contribution in [3.63, 3.8) is 0 Å². The Hall–Kier alpha value is -5.88. The fourth-order valence-electron chi connectivity index (χ4n) is 4.59. The highest BCUT2D eigenvalue weighted by atomic mass is 32.2. The van der Waals surface area contributed by atoms with Gasteiger partial charge in [0.1, 0.15) is 22.4 Å². The third-order valence-corrected chi connectivity index (χ3v) is 8.23. The lowest BCUT2D eigenvalue weighted by Crippen LogP contribution is -2.30. The first-order valence-electron chi connectivity index (χ1n) is 14.6. The van der Waals surface area contributed by atoms with Crippen LogP contribution < -0.4 is 20.7 Å². The highest BCUT2D eigenvalue weighted by molar-refractivity contribution is 8.00. The molecule has 0 saturated carbocycles. The van der Waals surface area contributed by atoms with Gasteiger partial charge < -0.3 is 20.7 Å². The Morgan fingerprint density at radius 2 is 1.39 bits per heavy atom. The van der Waals surface area contributed by atoms with Crippen LogP contribution in [0.1, 0.15) is 26.7 Å². The maximum Gasteiger partial charge on any atom is 0.272 e. The summed E-state index contributed by atoms with van der Waals surface area (Å²) in [5.74, 6) is -8.42. The second kappa shape index (κ2) is 15.8. The van der Waals surface area contributed by atoms with Crippen LogP contribution in [0.4, 0.5) is 28.9 Å². The maximum absolute atomic E-state index is 14.4. The third kappa shape index (κ3) is 8.73. The number of carbonyl (C=O) groups is 3. The van der Waals surface area contributed by atoms with Crippen LogP contribution in [0.25, 0.3) is 6.08 Å². The van der Waals surface area contributed by atoms with Crippen molar-refractivity contribution in [3.05, 3.63) is 161 Å². The van der Waals surface area contributed by atoms with E-state index in [0.29, 0.717) is 27.3 Å². The van der Waals surface area contributed by atoms with Crippen molar-refractivity contribution in [3.8, 4) is 5.75 Å². The van der Waals surface area contributed by atoms with E-state index < -0.39 is 51.9 Å². The van der Waals surface area contributed by atoms with Crippen molar-refractivity contribution in [1.82, 2.24) is 5.32 Å². The van der Waals surface area contributed by atoms with Gasteiger partial charge in [-0.25, -0.2) is 17.6 Å². The molecule has 0 radical (unpaired) electrons. The Labute approximate surface area is 283 Å². The molecule has 0 aliphatic rings. The molecule has 0 heterocycles. The zero-order valence-corrected chi connectivity index (χ0v) is 26.5. The van der Waals surface area contributed by atoms with E-state index in [1.54, 1.807) is 109 Å². The number of hydrogen-bond donors (Lipinski definition) is 3. The van der Waals surface area contributed by atoms with Crippen LogP contribution in [0.3, 0.4) is 0 Å². The van der Waals surface area contributed by atoms with E-state index in [0.717, 1.165) is 11.8 Å². The molecule has 0 aliphatic carbocycles. The van der Waals surface area contributed by atoms with Crippen molar-refractivity contribution in [2.45, 2.75) is 10.1 Å². The van der Waals surface area contributed by atoms with Gasteiger partial charge in [-0.05, 0) is 59.7 Å². The highest BCUT2D eigenvalue weighted by Gasteiger charge is 2.27. The maximum atomic E-state index is 14.4. The van der Waals surface area contributed by atoms with Gasteiger partial charge in [0.25, 0.3) is 11.8 Å². The van der Waals surface area contributed by atoms with Gasteiger partial charge in [0.2, 0.25) is 5.91 Å². The lowest BCUT2D eigenvalue weighted by atomic mass is 10.1. The van der Waals surface area contributed by atoms with Crippen LogP contribution in [0.15, 0.2) is 126 Å². The van der Waals surface area contributed by atoms with Crippen molar-refractivity contribution in [2.75, 3.05) is 17.7 Å². The molecule has 5 aromatic carbocycles. The fraction of sp³-hybridized carbons (Fsp3) is 0.0541. The van der Waals surface area contributed by atoms with Crippen molar-refractivity contribution in [2.24, 2.45) is 0 Å². The molecule has 0 aromatic heterocycles. The standard InChI is InChI=1S/C37H27F4N3O4S/c1-48-26-16-8-10-22(18-26)19-30(43-35(45)24-13-6-3-7-14-24)36(46)42-25-15-9-17-27(20-25)49-34(23-11-4-2-5-12-23)37(47)44-33-31(40)28(38)21-29(39)32(33)41/h2-21,34H,1H3,(H,42,46)(H,43,45)(H,44,47)/b30-19-. The first-order valence-corrected chi connectivity index (χ1v) is 15.5. The van der Waals surface area contributed by atoms with Gasteiger partial charge in [-0.1, -0.05) is 66.7 Å². The molecule has 0 spiro atoms. The second-order valence-electron chi connectivity index (χ2n) is 10.4. The molecule has 0 saturated heterocycles. The Kier molecular flexibility index (Phi) is 11.1. The lowest BCUT2D eigenvalue weighted by Gasteiger charge is -2.18. The summed E-state index contributed by atoms with van der Waals surface area (Å²) in [6, 6.07) is 29.8. The van der Waals surface area contributed by atoms with Gasteiger partial charge in [0.15, 0.2) is 23.3 Å². The number of carbonyl (C=O) groups excluding carboxylic acids is 3. The number of anilines is 2. The van der Waals surface area contributed by atoms with Gasteiger partial charge in [-0.3, -0.25) is 14.4 Å². The van der Waals surface area contributed by atoms with Crippen molar-refractivity contribution in [1.29, 1.82) is 0 Å². The monoisotopic (exact) mass is 685 g/mol. The van der Waals surface area contributed by atoms with E-state index in [4.69, 9.17) is 4.74 Å². The van der Waals surface area contributed by atoms with Crippen LogP contribution in [0, 0.1) is 23.3 Å². The third-order valence-electron chi connectivity index (χ3n) is 6.98. The molecule has 7 nitrogen and oxygen atoms in total.